The number of hydrogen-bond donors (Lipinski definition) is 0. The van der Waals surface area contributed by atoms with Crippen molar-refractivity contribution >= 4 is 33.4 Å². The second-order valence-corrected chi connectivity index (χ2v) is 6.04. The van der Waals surface area contributed by atoms with Gasteiger partial charge in [-0.3, -0.25) is 9.59 Å². The Hall–Kier alpha value is -1.88. The van der Waals surface area contributed by atoms with Crippen molar-refractivity contribution in [3.8, 4) is 0 Å². The number of hydrogen-bond acceptors (Lipinski definition) is 5. The Morgan fingerprint density at radius 2 is 1.95 bits per heavy atom. The van der Waals surface area contributed by atoms with Gasteiger partial charge in [0.1, 0.15) is 6.10 Å². The Kier molecular flexibility index (Phi) is 5.95. The highest BCUT2D eigenvalue weighted by Crippen LogP contribution is 2.33. The van der Waals surface area contributed by atoms with Gasteiger partial charge in [-0.2, -0.15) is 0 Å². The average molecular weight is 320 g/mol. The lowest BCUT2D eigenvalue weighted by Gasteiger charge is -2.15. The lowest BCUT2D eigenvalue weighted by atomic mass is 10.2. The summed E-state index contributed by atoms with van der Waals surface area (Å²) in [6.45, 7) is 4.00. The topological polar surface area (TPSA) is 52.6 Å². The largest absolute Gasteiger partial charge is 0.466 e. The highest BCUT2D eigenvalue weighted by molar-refractivity contribution is 7.19. The van der Waals surface area contributed by atoms with Crippen molar-refractivity contribution in [2.45, 2.75) is 39.2 Å². The van der Waals surface area contributed by atoms with E-state index in [1.165, 1.54) is 0 Å². The van der Waals surface area contributed by atoms with E-state index in [9.17, 15) is 9.59 Å². The van der Waals surface area contributed by atoms with Crippen LogP contribution >= 0.6 is 11.3 Å². The first-order valence-electron chi connectivity index (χ1n) is 7.47. The Labute approximate surface area is 134 Å². The summed E-state index contributed by atoms with van der Waals surface area (Å²) in [5.41, 5.74) is 0. The first-order valence-corrected chi connectivity index (χ1v) is 8.29. The number of fused-ring (bicyclic) bond motifs is 1. The predicted octanol–water partition coefficient (Wildman–Crippen LogP) is 4.24. The van der Waals surface area contributed by atoms with Crippen molar-refractivity contribution in [1.82, 2.24) is 0 Å². The molecule has 0 aliphatic carbocycles. The van der Waals surface area contributed by atoms with Crippen LogP contribution in [0.3, 0.4) is 0 Å². The maximum atomic E-state index is 11.8. The molecule has 1 aromatic carbocycles. The molecule has 2 rings (SSSR count). The predicted molar refractivity (Wildman–Crippen MR) is 86.8 cm³/mol. The minimum absolute atomic E-state index is 0.0517. The number of carbonyl (C=O) groups excluding carboxylic acids is 2. The van der Waals surface area contributed by atoms with Gasteiger partial charge in [-0.25, -0.2) is 0 Å². The van der Waals surface area contributed by atoms with Crippen molar-refractivity contribution in [3.63, 3.8) is 0 Å². The van der Waals surface area contributed by atoms with Gasteiger partial charge in [-0.1, -0.05) is 25.1 Å². The lowest BCUT2D eigenvalue weighted by molar-refractivity contribution is -0.155. The van der Waals surface area contributed by atoms with E-state index in [1.807, 2.05) is 37.3 Å². The van der Waals surface area contributed by atoms with Crippen molar-refractivity contribution in [3.05, 3.63) is 35.2 Å². The van der Waals surface area contributed by atoms with Gasteiger partial charge in [-0.15, -0.1) is 11.3 Å². The number of carbonyl (C=O) groups is 2. The van der Waals surface area contributed by atoms with Crippen LogP contribution < -0.4 is 0 Å². The standard InChI is InChI=1S/C17H20O4S/c1-3-7-16(18)21-13(11-17(19)20-4-2)15-10-12-8-5-6-9-14(12)22-15/h5-6,8-10,13H,3-4,7,11H2,1-2H3/t13-/m0/s1. The van der Waals surface area contributed by atoms with Gasteiger partial charge in [0.15, 0.2) is 0 Å². The van der Waals surface area contributed by atoms with Crippen molar-refractivity contribution in [1.29, 1.82) is 0 Å². The monoisotopic (exact) mass is 320 g/mol. The molecule has 0 bridgehead atoms. The lowest BCUT2D eigenvalue weighted by Crippen LogP contribution is -2.15. The first-order chi connectivity index (χ1) is 10.6. The fourth-order valence-electron chi connectivity index (χ4n) is 2.15. The van der Waals surface area contributed by atoms with E-state index < -0.39 is 6.10 Å². The first kappa shape index (κ1) is 16.5. The molecule has 1 heterocycles. The quantitative estimate of drug-likeness (QED) is 0.716. The molecule has 1 aromatic heterocycles. The molecule has 5 heteroatoms. The minimum atomic E-state index is -0.574. The molecule has 0 aliphatic rings. The van der Waals surface area contributed by atoms with E-state index >= 15 is 0 Å². The number of esters is 2. The molecule has 1 atom stereocenters. The summed E-state index contributed by atoms with van der Waals surface area (Å²) in [6, 6.07) is 9.92. The zero-order valence-corrected chi connectivity index (χ0v) is 13.7. The average Bonchev–Trinajstić information content (AvgIpc) is 2.91. The molecule has 2 aromatic rings. The number of thiophene rings is 1. The van der Waals surface area contributed by atoms with Crippen molar-refractivity contribution < 1.29 is 19.1 Å². The number of rotatable bonds is 7. The smallest absolute Gasteiger partial charge is 0.309 e. The third-order valence-electron chi connectivity index (χ3n) is 3.15. The summed E-state index contributed by atoms with van der Waals surface area (Å²) >= 11 is 1.54. The molecule has 4 nitrogen and oxygen atoms in total. The van der Waals surface area contributed by atoms with Gasteiger partial charge in [0.05, 0.1) is 13.0 Å². The second-order valence-electron chi connectivity index (χ2n) is 4.92. The van der Waals surface area contributed by atoms with E-state index in [-0.39, 0.29) is 18.4 Å². The summed E-state index contributed by atoms with van der Waals surface area (Å²) in [4.78, 5) is 24.5. The third-order valence-corrected chi connectivity index (χ3v) is 4.36. The molecule has 118 valence electrons. The second kappa shape index (κ2) is 7.94. The summed E-state index contributed by atoms with van der Waals surface area (Å²) < 4.78 is 11.6. The minimum Gasteiger partial charge on any atom is -0.466 e. The molecular formula is C17H20O4S. The fraction of sp³-hybridized carbons (Fsp3) is 0.412. The van der Waals surface area contributed by atoms with Gasteiger partial charge in [0, 0.05) is 16.0 Å². The molecule has 0 saturated heterocycles. The molecule has 0 aliphatic heterocycles. The van der Waals surface area contributed by atoms with E-state index in [4.69, 9.17) is 9.47 Å². The normalized spacial score (nSPS) is 12.1. The maximum Gasteiger partial charge on any atom is 0.309 e. The molecule has 0 spiro atoms. The van der Waals surface area contributed by atoms with Crippen LogP contribution in [0.2, 0.25) is 0 Å². The SMILES string of the molecule is CCCC(=O)O[C@@H](CC(=O)OCC)c1cc2ccccc2s1. The fourth-order valence-corrected chi connectivity index (χ4v) is 3.25. The number of ether oxygens (including phenoxy) is 2. The molecule has 0 fully saturated rings. The molecule has 22 heavy (non-hydrogen) atoms. The van der Waals surface area contributed by atoms with Gasteiger partial charge in [0.2, 0.25) is 0 Å². The molecular weight excluding hydrogens is 300 g/mol. The maximum absolute atomic E-state index is 11.8. The van der Waals surface area contributed by atoms with Crippen molar-refractivity contribution in [2.24, 2.45) is 0 Å². The van der Waals surface area contributed by atoms with Crippen LogP contribution in [0, 0.1) is 0 Å². The van der Waals surface area contributed by atoms with Gasteiger partial charge >= 0.3 is 11.9 Å². The Bertz CT molecular complexity index is 594. The molecule has 0 saturated carbocycles. The van der Waals surface area contributed by atoms with Crippen LogP contribution in [0.25, 0.3) is 10.1 Å². The molecule has 0 radical (unpaired) electrons. The third kappa shape index (κ3) is 4.31. The molecule has 0 N–H and O–H groups in total. The number of benzene rings is 1. The van der Waals surface area contributed by atoms with Crippen LogP contribution in [0.15, 0.2) is 30.3 Å². The van der Waals surface area contributed by atoms with Crippen LogP contribution in [-0.4, -0.2) is 18.5 Å². The summed E-state index contributed by atoms with van der Waals surface area (Å²) in [5, 5.41) is 1.09. The Morgan fingerprint density at radius 1 is 1.18 bits per heavy atom. The van der Waals surface area contributed by atoms with Gasteiger partial charge in [0.25, 0.3) is 0 Å². The highest BCUT2D eigenvalue weighted by atomic mass is 32.1. The molecule has 0 amide bonds. The van der Waals surface area contributed by atoms with E-state index in [1.54, 1.807) is 18.3 Å². The zero-order chi connectivity index (χ0) is 15.9. The van der Waals surface area contributed by atoms with Crippen LogP contribution in [0.5, 0.6) is 0 Å². The van der Waals surface area contributed by atoms with Crippen LogP contribution in [-0.2, 0) is 19.1 Å². The van der Waals surface area contributed by atoms with E-state index in [0.29, 0.717) is 13.0 Å². The van der Waals surface area contributed by atoms with Gasteiger partial charge in [-0.05, 0) is 30.9 Å². The van der Waals surface area contributed by atoms with Crippen molar-refractivity contribution in [2.75, 3.05) is 6.61 Å². The van der Waals surface area contributed by atoms with Gasteiger partial charge < -0.3 is 9.47 Å². The summed E-state index contributed by atoms with van der Waals surface area (Å²) in [6.07, 6.45) is 0.549. The van der Waals surface area contributed by atoms with E-state index in [0.717, 1.165) is 21.4 Å². The molecule has 0 unspecified atom stereocenters. The zero-order valence-electron chi connectivity index (χ0n) is 12.8. The Morgan fingerprint density at radius 3 is 2.64 bits per heavy atom. The summed E-state index contributed by atoms with van der Waals surface area (Å²) in [7, 11) is 0. The van der Waals surface area contributed by atoms with Crippen LogP contribution in [0.4, 0.5) is 0 Å². The van der Waals surface area contributed by atoms with E-state index in [2.05, 4.69) is 0 Å². The Balaban J connectivity index is 2.21. The highest BCUT2D eigenvalue weighted by Gasteiger charge is 2.23. The van der Waals surface area contributed by atoms with Crippen LogP contribution in [0.1, 0.15) is 44.1 Å². The summed E-state index contributed by atoms with van der Waals surface area (Å²) in [5.74, 6) is -0.636.